The molecule has 1 unspecified atom stereocenters. The lowest BCUT2D eigenvalue weighted by atomic mass is 10.0. The normalized spacial score (nSPS) is 17.9. The topological polar surface area (TPSA) is 84.2 Å². The van der Waals surface area contributed by atoms with Gasteiger partial charge in [0.25, 0.3) is 5.71 Å². The molecule has 2 aromatic heterocycles. The summed E-state index contributed by atoms with van der Waals surface area (Å²) in [6.07, 6.45) is 3.15. The number of hydrogen-bond acceptors (Lipinski definition) is 6. The average Bonchev–Trinajstić information content (AvgIpc) is 3.02. The summed E-state index contributed by atoms with van der Waals surface area (Å²) in [6.45, 7) is 3.24. The van der Waals surface area contributed by atoms with Gasteiger partial charge in [-0.2, -0.15) is 4.98 Å². The zero-order valence-corrected chi connectivity index (χ0v) is 14.0. The van der Waals surface area contributed by atoms with Crippen molar-refractivity contribution in [3.05, 3.63) is 47.9 Å². The van der Waals surface area contributed by atoms with Crippen LogP contribution in [-0.2, 0) is 11.3 Å². The van der Waals surface area contributed by atoms with Gasteiger partial charge in [0.1, 0.15) is 23.6 Å². The molecule has 1 amide bonds. The Morgan fingerprint density at radius 1 is 1.28 bits per heavy atom. The van der Waals surface area contributed by atoms with E-state index < -0.39 is 0 Å². The number of aryl methyl sites for hydroxylation is 1. The summed E-state index contributed by atoms with van der Waals surface area (Å²) in [5.74, 6) is 0.694. The summed E-state index contributed by atoms with van der Waals surface area (Å²) < 4.78 is 5.17. The molecule has 0 aliphatic carbocycles. The van der Waals surface area contributed by atoms with Gasteiger partial charge in [0.15, 0.2) is 0 Å². The molecule has 0 radical (unpaired) electrons. The Morgan fingerprint density at radius 2 is 2.12 bits per heavy atom. The Kier molecular flexibility index (Phi) is 4.05. The lowest BCUT2D eigenvalue weighted by Crippen LogP contribution is -2.47. The van der Waals surface area contributed by atoms with E-state index in [1.165, 1.54) is 6.33 Å². The van der Waals surface area contributed by atoms with E-state index in [0.717, 1.165) is 30.3 Å². The molecular weight excluding hydrogens is 318 g/mol. The van der Waals surface area contributed by atoms with Gasteiger partial charge in [-0.15, -0.1) is 0 Å². The second kappa shape index (κ2) is 6.51. The van der Waals surface area contributed by atoms with E-state index >= 15 is 0 Å². The van der Waals surface area contributed by atoms with E-state index in [2.05, 4.69) is 20.4 Å². The van der Waals surface area contributed by atoms with Crippen molar-refractivity contribution in [2.45, 2.75) is 32.4 Å². The van der Waals surface area contributed by atoms with Crippen LogP contribution in [0.2, 0.25) is 0 Å². The zero-order valence-electron chi connectivity index (χ0n) is 14.0. The lowest BCUT2D eigenvalue weighted by molar-refractivity contribution is -0.134. The molecule has 0 spiro atoms. The number of likely N-dealkylation sites (tertiary alicyclic amines) is 1. The van der Waals surface area contributed by atoms with Gasteiger partial charge in [-0.1, -0.05) is 35.5 Å². The molecule has 3 aromatic rings. The minimum atomic E-state index is -0.301. The Morgan fingerprint density at radius 3 is 2.96 bits per heavy atom. The van der Waals surface area contributed by atoms with Crippen molar-refractivity contribution in [2.24, 2.45) is 0 Å². The van der Waals surface area contributed by atoms with Crippen LogP contribution in [-0.4, -0.2) is 38.5 Å². The van der Waals surface area contributed by atoms with Gasteiger partial charge in [0.05, 0.1) is 5.69 Å². The smallest absolute Gasteiger partial charge is 0.263 e. The first kappa shape index (κ1) is 15.6. The second-order valence-electron chi connectivity index (χ2n) is 6.25. The number of nitrogens with one attached hydrogen (secondary N) is 1. The predicted molar refractivity (Wildman–Crippen MR) is 92.8 cm³/mol. The van der Waals surface area contributed by atoms with Crippen molar-refractivity contribution in [2.75, 3.05) is 11.9 Å². The summed E-state index contributed by atoms with van der Waals surface area (Å²) in [6, 6.07) is 9.74. The number of anilines is 1. The molecular formula is C18H19N5O2. The van der Waals surface area contributed by atoms with Crippen LogP contribution in [0.25, 0.3) is 11.1 Å². The quantitative estimate of drug-likeness (QED) is 0.787. The molecule has 128 valence electrons. The van der Waals surface area contributed by atoms with E-state index in [0.29, 0.717) is 23.8 Å². The molecule has 4 rings (SSSR count). The number of nitrogens with zero attached hydrogens (tertiary/aromatic N) is 4. The van der Waals surface area contributed by atoms with Crippen LogP contribution in [0, 0.1) is 6.92 Å². The minimum absolute atomic E-state index is 0.0935. The summed E-state index contributed by atoms with van der Waals surface area (Å²) in [4.78, 5) is 23.1. The van der Waals surface area contributed by atoms with Crippen LogP contribution in [0.3, 0.4) is 0 Å². The van der Waals surface area contributed by atoms with Gasteiger partial charge in [0.2, 0.25) is 5.91 Å². The molecule has 1 N–H and O–H groups in total. The SMILES string of the molecule is Cc1noc2ncnc(NC3CCCN(Cc4ccccc4)C3=O)c12. The Labute approximate surface area is 145 Å². The Balaban J connectivity index is 1.54. The summed E-state index contributed by atoms with van der Waals surface area (Å²) >= 11 is 0. The number of carbonyl (C=O) groups excluding carboxylic acids is 1. The van der Waals surface area contributed by atoms with Crippen LogP contribution in [0.4, 0.5) is 5.82 Å². The number of benzene rings is 1. The molecule has 7 nitrogen and oxygen atoms in total. The van der Waals surface area contributed by atoms with Gasteiger partial charge in [0, 0.05) is 13.1 Å². The highest BCUT2D eigenvalue weighted by Crippen LogP contribution is 2.25. The van der Waals surface area contributed by atoms with Crippen LogP contribution in [0.15, 0.2) is 41.2 Å². The third kappa shape index (κ3) is 3.05. The highest BCUT2D eigenvalue weighted by molar-refractivity contribution is 5.91. The van der Waals surface area contributed by atoms with Gasteiger partial charge in [-0.05, 0) is 25.3 Å². The molecule has 1 aliphatic rings. The van der Waals surface area contributed by atoms with Gasteiger partial charge in [-0.3, -0.25) is 4.79 Å². The van der Waals surface area contributed by atoms with Crippen LogP contribution in [0.1, 0.15) is 24.1 Å². The number of amides is 1. The highest BCUT2D eigenvalue weighted by atomic mass is 16.5. The van der Waals surface area contributed by atoms with Crippen molar-refractivity contribution >= 4 is 22.8 Å². The van der Waals surface area contributed by atoms with Crippen molar-refractivity contribution in [1.29, 1.82) is 0 Å². The first-order valence-corrected chi connectivity index (χ1v) is 8.38. The molecule has 1 aromatic carbocycles. The maximum atomic E-state index is 12.9. The summed E-state index contributed by atoms with van der Waals surface area (Å²) in [7, 11) is 0. The largest absolute Gasteiger partial charge is 0.358 e. The number of piperidine rings is 1. The molecule has 3 heterocycles. The number of rotatable bonds is 4. The maximum absolute atomic E-state index is 12.9. The molecule has 1 aliphatic heterocycles. The van der Waals surface area contributed by atoms with Crippen molar-refractivity contribution in [1.82, 2.24) is 20.0 Å². The minimum Gasteiger partial charge on any atom is -0.358 e. The van der Waals surface area contributed by atoms with E-state index in [4.69, 9.17) is 4.52 Å². The number of hydrogen-bond donors (Lipinski definition) is 1. The molecule has 1 atom stereocenters. The lowest BCUT2D eigenvalue weighted by Gasteiger charge is -2.33. The molecule has 25 heavy (non-hydrogen) atoms. The fraction of sp³-hybridized carbons (Fsp3) is 0.333. The molecule has 0 saturated carbocycles. The van der Waals surface area contributed by atoms with E-state index in [1.807, 2.05) is 42.2 Å². The van der Waals surface area contributed by atoms with E-state index in [-0.39, 0.29) is 11.9 Å². The zero-order chi connectivity index (χ0) is 17.2. The predicted octanol–water partition coefficient (Wildman–Crippen LogP) is 2.53. The van der Waals surface area contributed by atoms with Gasteiger partial charge >= 0.3 is 0 Å². The van der Waals surface area contributed by atoms with Crippen LogP contribution < -0.4 is 5.32 Å². The Bertz CT molecular complexity index is 893. The molecule has 7 heteroatoms. The van der Waals surface area contributed by atoms with E-state index in [1.54, 1.807) is 0 Å². The summed E-state index contributed by atoms with van der Waals surface area (Å²) in [5.41, 5.74) is 2.28. The van der Waals surface area contributed by atoms with Crippen molar-refractivity contribution in [3.8, 4) is 0 Å². The first-order valence-electron chi connectivity index (χ1n) is 8.38. The molecule has 0 bridgehead atoms. The van der Waals surface area contributed by atoms with Crippen molar-refractivity contribution < 1.29 is 9.32 Å². The van der Waals surface area contributed by atoms with Gasteiger partial charge < -0.3 is 14.7 Å². The second-order valence-corrected chi connectivity index (χ2v) is 6.25. The van der Waals surface area contributed by atoms with Crippen molar-refractivity contribution in [3.63, 3.8) is 0 Å². The first-order chi connectivity index (χ1) is 12.2. The number of aromatic nitrogens is 3. The highest BCUT2D eigenvalue weighted by Gasteiger charge is 2.29. The van der Waals surface area contributed by atoms with Crippen LogP contribution in [0.5, 0.6) is 0 Å². The molecule has 1 fully saturated rings. The number of fused-ring (bicyclic) bond motifs is 1. The standard InChI is InChI=1S/C18H19N5O2/c1-12-15-16(19-11-20-17(15)25-22-12)21-14-8-5-9-23(18(14)24)10-13-6-3-2-4-7-13/h2-4,6-7,11,14H,5,8-10H2,1H3,(H,19,20,21). The van der Waals surface area contributed by atoms with Gasteiger partial charge in [-0.25, -0.2) is 4.98 Å². The third-order valence-corrected chi connectivity index (χ3v) is 4.50. The fourth-order valence-corrected chi connectivity index (χ4v) is 3.23. The van der Waals surface area contributed by atoms with E-state index in [9.17, 15) is 4.79 Å². The monoisotopic (exact) mass is 337 g/mol. The maximum Gasteiger partial charge on any atom is 0.263 e. The third-order valence-electron chi connectivity index (χ3n) is 4.50. The number of carbonyl (C=O) groups is 1. The fourth-order valence-electron chi connectivity index (χ4n) is 3.23. The Hall–Kier alpha value is -2.96. The summed E-state index contributed by atoms with van der Waals surface area (Å²) in [5, 5.41) is 7.93. The average molecular weight is 337 g/mol. The van der Waals surface area contributed by atoms with Crippen LogP contribution >= 0.6 is 0 Å². The molecule has 1 saturated heterocycles.